The number of rotatable bonds is 7. The first-order valence-corrected chi connectivity index (χ1v) is 10.5. The molecule has 4 N–H and O–H groups in total. The maximum absolute atomic E-state index is 4.50. The van der Waals surface area contributed by atoms with E-state index in [1.54, 1.807) is 6.21 Å². The summed E-state index contributed by atoms with van der Waals surface area (Å²) in [6.45, 7) is 2.02. The van der Waals surface area contributed by atoms with Gasteiger partial charge < -0.3 is 15.6 Å². The fraction of sp³-hybridized carbons (Fsp3) is 0.0400. The Bertz CT molecular complexity index is 1330. The highest BCUT2D eigenvalue weighted by Gasteiger charge is 2.08. The minimum atomic E-state index is 0.315. The smallest absolute Gasteiger partial charge is 0.250 e. The number of H-pyrrole nitrogens is 1. The lowest BCUT2D eigenvalue weighted by molar-refractivity contribution is 1.04. The van der Waals surface area contributed by atoms with Crippen LogP contribution in [0.1, 0.15) is 11.3 Å². The molecule has 5 rings (SSSR count). The van der Waals surface area contributed by atoms with E-state index >= 15 is 0 Å². The topological polar surface area (TPSA) is 103 Å². The molecule has 0 radical (unpaired) electrons. The maximum atomic E-state index is 4.50. The average molecular weight is 435 g/mol. The zero-order valence-corrected chi connectivity index (χ0v) is 17.9. The molecular formula is C25H22N8. The molecule has 0 amide bonds. The number of aromatic amines is 1. The molecule has 0 aliphatic carbocycles. The number of para-hydroxylation sites is 3. The second-order valence-electron chi connectivity index (χ2n) is 7.37. The number of hydrazone groups is 1. The molecule has 0 saturated heterocycles. The summed E-state index contributed by atoms with van der Waals surface area (Å²) in [7, 11) is 0. The van der Waals surface area contributed by atoms with E-state index < -0.39 is 0 Å². The van der Waals surface area contributed by atoms with Crippen LogP contribution in [0.25, 0.3) is 10.9 Å². The number of benzene rings is 3. The van der Waals surface area contributed by atoms with Gasteiger partial charge in [-0.1, -0.05) is 54.6 Å². The van der Waals surface area contributed by atoms with E-state index in [4.69, 9.17) is 0 Å². The van der Waals surface area contributed by atoms with Crippen molar-refractivity contribution >= 4 is 46.3 Å². The number of aromatic nitrogens is 4. The molecule has 0 fully saturated rings. The SMILES string of the molecule is Cc1[nH]c2ccccc2c1/C=N/Nc1nc(Nc2ccccc2)nc(Nc2ccccc2)n1. The molecule has 2 heterocycles. The summed E-state index contributed by atoms with van der Waals surface area (Å²) in [5.74, 6) is 1.11. The van der Waals surface area contributed by atoms with E-state index in [1.807, 2.05) is 85.8 Å². The van der Waals surface area contributed by atoms with Crippen molar-refractivity contribution < 1.29 is 0 Å². The average Bonchev–Trinajstić information content (AvgIpc) is 3.15. The van der Waals surface area contributed by atoms with Crippen LogP contribution in [0.2, 0.25) is 0 Å². The van der Waals surface area contributed by atoms with E-state index in [0.717, 1.165) is 33.5 Å². The van der Waals surface area contributed by atoms with Gasteiger partial charge in [-0.25, -0.2) is 5.43 Å². The van der Waals surface area contributed by atoms with Crippen LogP contribution in [0.5, 0.6) is 0 Å². The van der Waals surface area contributed by atoms with E-state index in [9.17, 15) is 0 Å². The molecule has 0 aliphatic rings. The summed E-state index contributed by atoms with van der Waals surface area (Å²) in [5, 5.41) is 11.9. The molecule has 3 aromatic carbocycles. The van der Waals surface area contributed by atoms with Gasteiger partial charge in [0.15, 0.2) is 0 Å². The van der Waals surface area contributed by atoms with Crippen LogP contribution >= 0.6 is 0 Å². The lowest BCUT2D eigenvalue weighted by Gasteiger charge is -2.10. The first-order chi connectivity index (χ1) is 16.2. The van der Waals surface area contributed by atoms with Gasteiger partial charge in [-0.3, -0.25) is 0 Å². The third-order valence-electron chi connectivity index (χ3n) is 5.00. The van der Waals surface area contributed by atoms with Gasteiger partial charge in [-0.15, -0.1) is 0 Å². The Hall–Kier alpha value is -4.72. The van der Waals surface area contributed by atoms with Gasteiger partial charge in [0.1, 0.15) is 0 Å². The Morgan fingerprint density at radius 2 is 1.24 bits per heavy atom. The second-order valence-corrected chi connectivity index (χ2v) is 7.37. The van der Waals surface area contributed by atoms with Crippen molar-refractivity contribution in [1.82, 2.24) is 19.9 Å². The lowest BCUT2D eigenvalue weighted by Crippen LogP contribution is -2.07. The molecule has 33 heavy (non-hydrogen) atoms. The summed E-state index contributed by atoms with van der Waals surface area (Å²) in [6, 6.07) is 27.6. The Kier molecular flexibility index (Phi) is 5.62. The summed E-state index contributed by atoms with van der Waals surface area (Å²) in [4.78, 5) is 16.8. The van der Waals surface area contributed by atoms with Gasteiger partial charge in [0, 0.05) is 33.5 Å². The second kappa shape index (κ2) is 9.19. The standard InChI is InChI=1S/C25H22N8/c1-17-21(20-14-8-9-15-22(20)27-17)16-26-33-25-31-23(28-18-10-4-2-5-11-18)30-24(32-25)29-19-12-6-3-7-13-19/h2-16,27H,1H3,(H3,28,29,30,31,32,33)/b26-16+. The van der Waals surface area contributed by atoms with Crippen LogP contribution < -0.4 is 16.1 Å². The number of aryl methyl sites for hydroxylation is 1. The molecule has 8 nitrogen and oxygen atoms in total. The van der Waals surface area contributed by atoms with E-state index in [2.05, 4.69) is 47.2 Å². The fourth-order valence-electron chi connectivity index (χ4n) is 3.46. The highest BCUT2D eigenvalue weighted by Crippen LogP contribution is 2.21. The van der Waals surface area contributed by atoms with Crippen LogP contribution in [0, 0.1) is 6.92 Å². The lowest BCUT2D eigenvalue weighted by atomic mass is 10.1. The normalized spacial score (nSPS) is 11.1. The predicted octanol–water partition coefficient (Wildman–Crippen LogP) is 5.59. The maximum Gasteiger partial charge on any atom is 0.250 e. The van der Waals surface area contributed by atoms with Gasteiger partial charge in [0.2, 0.25) is 17.8 Å². The van der Waals surface area contributed by atoms with Gasteiger partial charge in [0.05, 0.1) is 6.21 Å². The number of nitrogens with zero attached hydrogens (tertiary/aromatic N) is 4. The monoisotopic (exact) mass is 434 g/mol. The van der Waals surface area contributed by atoms with Gasteiger partial charge in [0.25, 0.3) is 0 Å². The summed E-state index contributed by atoms with van der Waals surface area (Å²) >= 11 is 0. The summed E-state index contributed by atoms with van der Waals surface area (Å²) in [6.07, 6.45) is 1.77. The molecule has 0 atom stereocenters. The highest BCUT2D eigenvalue weighted by molar-refractivity contribution is 6.00. The zero-order chi connectivity index (χ0) is 22.5. The van der Waals surface area contributed by atoms with Crippen molar-refractivity contribution in [3.05, 3.63) is 96.2 Å². The Morgan fingerprint density at radius 3 is 1.88 bits per heavy atom. The number of nitrogens with one attached hydrogen (secondary N) is 4. The van der Waals surface area contributed by atoms with Crippen LogP contribution in [0.4, 0.5) is 29.2 Å². The van der Waals surface area contributed by atoms with Crippen molar-refractivity contribution in [3.63, 3.8) is 0 Å². The van der Waals surface area contributed by atoms with E-state index in [0.29, 0.717) is 17.8 Å². The molecule has 0 aliphatic heterocycles. The zero-order valence-electron chi connectivity index (χ0n) is 17.9. The van der Waals surface area contributed by atoms with Crippen LogP contribution in [0.15, 0.2) is 90.0 Å². The largest absolute Gasteiger partial charge is 0.358 e. The molecular weight excluding hydrogens is 412 g/mol. The molecule has 2 aromatic heterocycles. The van der Waals surface area contributed by atoms with Crippen molar-refractivity contribution in [2.45, 2.75) is 6.92 Å². The molecule has 8 heteroatoms. The molecule has 0 spiro atoms. The van der Waals surface area contributed by atoms with Crippen molar-refractivity contribution in [2.24, 2.45) is 5.10 Å². The van der Waals surface area contributed by atoms with Crippen LogP contribution in [-0.2, 0) is 0 Å². The highest BCUT2D eigenvalue weighted by atomic mass is 15.4. The Balaban J connectivity index is 1.42. The van der Waals surface area contributed by atoms with Crippen LogP contribution in [0.3, 0.4) is 0 Å². The minimum absolute atomic E-state index is 0.315. The van der Waals surface area contributed by atoms with Gasteiger partial charge in [-0.2, -0.15) is 20.1 Å². The Labute approximate surface area is 190 Å². The number of hydrogen-bond acceptors (Lipinski definition) is 7. The number of fused-ring (bicyclic) bond motifs is 1. The van der Waals surface area contributed by atoms with Crippen molar-refractivity contribution in [1.29, 1.82) is 0 Å². The van der Waals surface area contributed by atoms with Crippen LogP contribution in [-0.4, -0.2) is 26.2 Å². The first kappa shape index (κ1) is 20.2. The Morgan fingerprint density at radius 1 is 0.697 bits per heavy atom. The number of hydrogen-bond donors (Lipinski definition) is 4. The quantitative estimate of drug-likeness (QED) is 0.197. The van der Waals surface area contributed by atoms with E-state index in [-0.39, 0.29) is 0 Å². The minimum Gasteiger partial charge on any atom is -0.358 e. The summed E-state index contributed by atoms with van der Waals surface area (Å²) < 4.78 is 0. The molecule has 0 saturated carbocycles. The van der Waals surface area contributed by atoms with Gasteiger partial charge in [-0.05, 0) is 37.3 Å². The fourth-order valence-corrected chi connectivity index (χ4v) is 3.46. The molecule has 0 unspecified atom stereocenters. The molecule has 5 aromatic rings. The molecule has 162 valence electrons. The van der Waals surface area contributed by atoms with Gasteiger partial charge >= 0.3 is 0 Å². The predicted molar refractivity (Wildman–Crippen MR) is 134 cm³/mol. The first-order valence-electron chi connectivity index (χ1n) is 10.5. The van der Waals surface area contributed by atoms with Crippen molar-refractivity contribution in [2.75, 3.05) is 16.1 Å². The van der Waals surface area contributed by atoms with E-state index in [1.165, 1.54) is 0 Å². The summed E-state index contributed by atoms with van der Waals surface area (Å²) in [5.41, 5.74) is 7.81. The van der Waals surface area contributed by atoms with Crippen molar-refractivity contribution in [3.8, 4) is 0 Å². The third-order valence-corrected chi connectivity index (χ3v) is 5.00. The third kappa shape index (κ3) is 4.80. The number of anilines is 5. The molecule has 0 bridgehead atoms.